The fourth-order valence-corrected chi connectivity index (χ4v) is 3.04. The maximum Gasteiger partial charge on any atom is 0.243 e. The third kappa shape index (κ3) is 3.46. The van der Waals surface area contributed by atoms with Crippen molar-refractivity contribution in [2.75, 3.05) is 12.4 Å². The van der Waals surface area contributed by atoms with E-state index in [1.54, 1.807) is 13.2 Å². The normalized spacial score (nSPS) is 11.5. The molecule has 0 fully saturated rings. The molecule has 2 rings (SSSR count). The molecule has 2 aromatic heterocycles. The number of rotatable bonds is 5. The molecule has 19 heavy (non-hydrogen) atoms. The first-order chi connectivity index (χ1) is 9.01. The van der Waals surface area contributed by atoms with Crippen LogP contribution in [0.15, 0.2) is 23.5 Å². The van der Waals surface area contributed by atoms with Crippen molar-refractivity contribution < 1.29 is 8.42 Å². The molecule has 0 aliphatic rings. The van der Waals surface area contributed by atoms with E-state index >= 15 is 0 Å². The smallest absolute Gasteiger partial charge is 0.243 e. The van der Waals surface area contributed by atoms with Crippen LogP contribution in [-0.4, -0.2) is 30.4 Å². The number of aryl methyl sites for hydroxylation is 1. The molecule has 0 radical (unpaired) electrons. The first-order valence-corrected chi connectivity index (χ1v) is 7.72. The Labute approximate surface area is 115 Å². The van der Waals surface area contributed by atoms with Crippen LogP contribution in [0, 0.1) is 6.92 Å². The summed E-state index contributed by atoms with van der Waals surface area (Å²) in [6.07, 6.45) is 4.18. The molecule has 0 bridgehead atoms. The van der Waals surface area contributed by atoms with E-state index in [0.29, 0.717) is 5.95 Å². The van der Waals surface area contributed by atoms with E-state index in [2.05, 4.69) is 25.0 Å². The molecule has 2 N–H and O–H groups in total. The molecule has 9 heteroatoms. The molecule has 0 spiro atoms. The molecule has 102 valence electrons. The number of sulfonamides is 1. The number of anilines is 1. The lowest BCUT2D eigenvalue weighted by Crippen LogP contribution is -2.23. The number of hydrogen-bond donors (Lipinski definition) is 2. The van der Waals surface area contributed by atoms with Gasteiger partial charge in [0.05, 0.1) is 17.4 Å². The average Bonchev–Trinajstić information content (AvgIpc) is 2.82. The first-order valence-electron chi connectivity index (χ1n) is 5.42. The minimum absolute atomic E-state index is 0.0349. The van der Waals surface area contributed by atoms with Crippen LogP contribution in [0.1, 0.15) is 9.88 Å². The summed E-state index contributed by atoms with van der Waals surface area (Å²) in [5, 5.41) is 3.62. The largest absolute Gasteiger partial charge is 0.357 e. The second-order valence-electron chi connectivity index (χ2n) is 3.66. The van der Waals surface area contributed by atoms with Crippen LogP contribution in [0.4, 0.5) is 5.95 Å². The minimum atomic E-state index is -3.60. The van der Waals surface area contributed by atoms with E-state index in [0.717, 1.165) is 9.88 Å². The maximum atomic E-state index is 12.0. The predicted molar refractivity (Wildman–Crippen MR) is 72.5 cm³/mol. The molecule has 0 saturated heterocycles. The van der Waals surface area contributed by atoms with Crippen LogP contribution in [0.2, 0.25) is 0 Å². The predicted octanol–water partition coefficient (Wildman–Crippen LogP) is 0.762. The van der Waals surface area contributed by atoms with Crippen LogP contribution in [0.5, 0.6) is 0 Å². The van der Waals surface area contributed by atoms with Gasteiger partial charge in [-0.2, -0.15) is 0 Å². The van der Waals surface area contributed by atoms with Gasteiger partial charge >= 0.3 is 0 Å². The fourth-order valence-electron chi connectivity index (χ4n) is 1.32. The molecule has 7 nitrogen and oxygen atoms in total. The Kier molecular flexibility index (Phi) is 4.08. The van der Waals surface area contributed by atoms with Gasteiger partial charge in [0.15, 0.2) is 0 Å². The van der Waals surface area contributed by atoms with E-state index in [1.807, 2.05) is 6.92 Å². The number of aromatic nitrogens is 3. The summed E-state index contributed by atoms with van der Waals surface area (Å²) in [6.45, 7) is 2.08. The summed E-state index contributed by atoms with van der Waals surface area (Å²) < 4.78 is 26.5. The molecule has 2 heterocycles. The van der Waals surface area contributed by atoms with Gasteiger partial charge in [0, 0.05) is 24.7 Å². The van der Waals surface area contributed by atoms with Crippen molar-refractivity contribution in [2.45, 2.75) is 18.4 Å². The highest BCUT2D eigenvalue weighted by Gasteiger charge is 2.15. The van der Waals surface area contributed by atoms with E-state index in [4.69, 9.17) is 0 Å². The highest BCUT2D eigenvalue weighted by Crippen LogP contribution is 2.13. The Hall–Kier alpha value is -1.58. The van der Waals surface area contributed by atoms with Crippen molar-refractivity contribution >= 4 is 27.3 Å². The molecular formula is C10H13N5O2S2. The van der Waals surface area contributed by atoms with Gasteiger partial charge in [-0.05, 0) is 6.92 Å². The Bertz CT molecular complexity index is 651. The van der Waals surface area contributed by atoms with Crippen molar-refractivity contribution in [3.63, 3.8) is 0 Å². The summed E-state index contributed by atoms with van der Waals surface area (Å²) in [5.41, 5.74) is 0. The van der Waals surface area contributed by atoms with Crippen molar-refractivity contribution in [2.24, 2.45) is 0 Å². The quantitative estimate of drug-likeness (QED) is 0.846. The second kappa shape index (κ2) is 5.59. The molecule has 0 aromatic carbocycles. The molecular weight excluding hydrogens is 286 g/mol. The Morgan fingerprint density at radius 2 is 1.89 bits per heavy atom. The van der Waals surface area contributed by atoms with Gasteiger partial charge in [-0.1, -0.05) is 0 Å². The number of hydrogen-bond acceptors (Lipinski definition) is 7. The van der Waals surface area contributed by atoms with E-state index in [1.165, 1.54) is 23.7 Å². The molecule has 0 atom stereocenters. The summed E-state index contributed by atoms with van der Waals surface area (Å²) in [5.74, 6) is 0.372. The molecule has 0 aliphatic carbocycles. The SMILES string of the molecule is CNc1ncc(S(=O)(=O)NCc2cnc(C)s2)cn1. The van der Waals surface area contributed by atoms with Gasteiger partial charge in [-0.3, -0.25) is 0 Å². The average molecular weight is 299 g/mol. The molecule has 0 aliphatic heterocycles. The second-order valence-corrected chi connectivity index (χ2v) is 6.75. The lowest BCUT2D eigenvalue weighted by Gasteiger charge is -2.05. The third-order valence-corrected chi connectivity index (χ3v) is 4.54. The summed E-state index contributed by atoms with van der Waals surface area (Å²) in [7, 11) is -1.94. The van der Waals surface area contributed by atoms with Crippen LogP contribution < -0.4 is 10.0 Å². The molecule has 0 amide bonds. The van der Waals surface area contributed by atoms with Gasteiger partial charge in [-0.15, -0.1) is 11.3 Å². The van der Waals surface area contributed by atoms with Crippen LogP contribution >= 0.6 is 11.3 Å². The van der Waals surface area contributed by atoms with Crippen molar-refractivity contribution in [3.8, 4) is 0 Å². The number of nitrogens with zero attached hydrogens (tertiary/aromatic N) is 3. The number of thiazole rings is 1. The topological polar surface area (TPSA) is 96.9 Å². The van der Waals surface area contributed by atoms with E-state index < -0.39 is 10.0 Å². The summed E-state index contributed by atoms with van der Waals surface area (Å²) in [4.78, 5) is 12.7. The van der Waals surface area contributed by atoms with Gasteiger partial charge in [-0.25, -0.2) is 28.1 Å². The lowest BCUT2D eigenvalue weighted by molar-refractivity contribution is 0.581. The van der Waals surface area contributed by atoms with Crippen molar-refractivity contribution in [1.82, 2.24) is 19.7 Å². The highest BCUT2D eigenvalue weighted by molar-refractivity contribution is 7.89. The zero-order valence-electron chi connectivity index (χ0n) is 10.4. The third-order valence-electron chi connectivity index (χ3n) is 2.27. The van der Waals surface area contributed by atoms with Crippen LogP contribution in [-0.2, 0) is 16.6 Å². The Balaban J connectivity index is 2.09. The summed E-state index contributed by atoms with van der Waals surface area (Å²) in [6, 6.07) is 0. The van der Waals surface area contributed by atoms with Crippen molar-refractivity contribution in [3.05, 3.63) is 28.5 Å². The Morgan fingerprint density at radius 3 is 2.42 bits per heavy atom. The molecule has 0 unspecified atom stereocenters. The molecule has 2 aromatic rings. The lowest BCUT2D eigenvalue weighted by atomic mass is 10.6. The van der Waals surface area contributed by atoms with E-state index in [-0.39, 0.29) is 11.4 Å². The van der Waals surface area contributed by atoms with Crippen LogP contribution in [0.3, 0.4) is 0 Å². The van der Waals surface area contributed by atoms with Crippen molar-refractivity contribution in [1.29, 1.82) is 0 Å². The summed E-state index contributed by atoms with van der Waals surface area (Å²) >= 11 is 1.45. The number of nitrogens with one attached hydrogen (secondary N) is 2. The van der Waals surface area contributed by atoms with Gasteiger partial charge in [0.1, 0.15) is 4.90 Å². The fraction of sp³-hybridized carbons (Fsp3) is 0.300. The van der Waals surface area contributed by atoms with Gasteiger partial charge in [0.2, 0.25) is 16.0 Å². The highest BCUT2D eigenvalue weighted by atomic mass is 32.2. The van der Waals surface area contributed by atoms with Crippen LogP contribution in [0.25, 0.3) is 0 Å². The maximum absolute atomic E-state index is 12.0. The first kappa shape index (κ1) is 13.8. The molecule has 0 saturated carbocycles. The van der Waals surface area contributed by atoms with Gasteiger partial charge in [0.25, 0.3) is 0 Å². The monoisotopic (exact) mass is 299 g/mol. The standard InChI is InChI=1S/C10H13N5O2S2/c1-7-12-3-8(18-7)4-15-19(16,17)9-5-13-10(11-2)14-6-9/h3,5-6,15H,4H2,1-2H3,(H,11,13,14). The van der Waals surface area contributed by atoms with Gasteiger partial charge < -0.3 is 5.32 Å². The Morgan fingerprint density at radius 1 is 1.21 bits per heavy atom. The zero-order valence-corrected chi connectivity index (χ0v) is 12.0. The zero-order chi connectivity index (χ0) is 13.9. The minimum Gasteiger partial charge on any atom is -0.357 e. The van der Waals surface area contributed by atoms with E-state index in [9.17, 15) is 8.42 Å².